The van der Waals surface area contributed by atoms with Crippen molar-refractivity contribution in [1.82, 2.24) is 0 Å². The van der Waals surface area contributed by atoms with Crippen LogP contribution in [0.1, 0.15) is 25.0 Å². The van der Waals surface area contributed by atoms with Gasteiger partial charge in [-0.1, -0.05) is 70.0 Å². The quantitative estimate of drug-likeness (QED) is 0.413. The maximum Gasteiger partial charge on any atom is 0.119 e. The number of alkyl halides is 2. The Morgan fingerprint density at radius 3 is 1.31 bits per heavy atom. The first kappa shape index (κ1) is 28.6. The molecule has 2 atom stereocenters. The largest absolute Gasteiger partial charge is 0.491 e. The molecule has 8 heteroatoms. The zero-order valence-electron chi connectivity index (χ0n) is 16.6. The van der Waals surface area contributed by atoms with Gasteiger partial charge in [0.1, 0.15) is 24.7 Å². The number of aliphatic hydroxyl groups excluding tert-OH is 2. The van der Waals surface area contributed by atoms with Gasteiger partial charge in [0.25, 0.3) is 0 Å². The van der Waals surface area contributed by atoms with Crippen LogP contribution in [0.15, 0.2) is 48.5 Å². The molecule has 0 spiro atoms. The molecule has 4 nitrogen and oxygen atoms in total. The van der Waals surface area contributed by atoms with E-state index in [1.807, 2.05) is 48.5 Å². The molecule has 164 valence electrons. The van der Waals surface area contributed by atoms with Crippen LogP contribution in [0.3, 0.4) is 0 Å². The van der Waals surface area contributed by atoms with Crippen molar-refractivity contribution in [3.8, 4) is 11.5 Å². The first-order chi connectivity index (χ1) is 12.9. The maximum atomic E-state index is 9.56. The Balaban J connectivity index is 0.00000392. The molecule has 0 amide bonds. The summed E-state index contributed by atoms with van der Waals surface area (Å²) in [5.41, 5.74) is 2.15. The minimum Gasteiger partial charge on any atom is -0.491 e. The van der Waals surface area contributed by atoms with E-state index in [-0.39, 0.29) is 45.6 Å². The molecule has 0 saturated heterocycles. The van der Waals surface area contributed by atoms with E-state index in [0.29, 0.717) is 10.7 Å². The lowest BCUT2D eigenvalue weighted by atomic mass is 9.78. The van der Waals surface area contributed by atoms with Crippen molar-refractivity contribution in [2.45, 2.75) is 31.5 Å². The molecular formula is C21H30Br2O4S2. The minimum absolute atomic E-state index is 0. The number of hydrogen-bond acceptors (Lipinski definition) is 4. The lowest BCUT2D eigenvalue weighted by Gasteiger charge is -2.26. The highest BCUT2D eigenvalue weighted by Crippen LogP contribution is 2.33. The molecule has 0 fully saturated rings. The number of ether oxygens (including phenoxy) is 2. The van der Waals surface area contributed by atoms with Gasteiger partial charge in [-0.15, -0.1) is 0 Å². The van der Waals surface area contributed by atoms with Crippen LogP contribution in [0.25, 0.3) is 0 Å². The molecule has 0 heterocycles. The first-order valence-electron chi connectivity index (χ1n) is 8.81. The second-order valence-electron chi connectivity index (χ2n) is 6.91. The van der Waals surface area contributed by atoms with Crippen molar-refractivity contribution in [3.63, 3.8) is 0 Å². The number of benzene rings is 2. The molecule has 2 rings (SSSR count). The summed E-state index contributed by atoms with van der Waals surface area (Å²) in [5.74, 6) is 1.48. The average Bonchev–Trinajstić information content (AvgIpc) is 2.70. The van der Waals surface area contributed by atoms with E-state index in [0.717, 1.165) is 11.5 Å². The molecule has 0 radical (unpaired) electrons. The fourth-order valence-corrected chi connectivity index (χ4v) is 2.95. The monoisotopic (exact) mass is 568 g/mol. The van der Waals surface area contributed by atoms with Crippen molar-refractivity contribution < 1.29 is 19.7 Å². The SMILES string of the molecule is CC(C)(c1ccc(OCC(O)CBr)cc1)c1ccc(OCC(O)CBr)cc1.S.S. The Hall–Kier alpha value is -0.380. The lowest BCUT2D eigenvalue weighted by molar-refractivity contribution is 0.127. The van der Waals surface area contributed by atoms with E-state index in [1.54, 1.807) is 0 Å². The summed E-state index contributed by atoms with van der Waals surface area (Å²) in [6.07, 6.45) is -1.03. The molecule has 0 aliphatic carbocycles. The van der Waals surface area contributed by atoms with Gasteiger partial charge in [-0.25, -0.2) is 0 Å². The highest BCUT2D eigenvalue weighted by molar-refractivity contribution is 9.09. The third-order valence-corrected chi connectivity index (χ3v) is 5.89. The Labute approximate surface area is 204 Å². The van der Waals surface area contributed by atoms with E-state index in [9.17, 15) is 10.2 Å². The van der Waals surface area contributed by atoms with Crippen molar-refractivity contribution in [1.29, 1.82) is 0 Å². The normalized spacial score (nSPS) is 12.9. The average molecular weight is 570 g/mol. The van der Waals surface area contributed by atoms with Crippen LogP contribution in [0.5, 0.6) is 11.5 Å². The molecule has 0 saturated carbocycles. The molecule has 2 aromatic carbocycles. The second kappa shape index (κ2) is 13.8. The molecule has 2 N–H and O–H groups in total. The number of rotatable bonds is 10. The zero-order valence-corrected chi connectivity index (χ0v) is 21.7. The summed E-state index contributed by atoms with van der Waals surface area (Å²) in [6.45, 7) is 4.86. The summed E-state index contributed by atoms with van der Waals surface area (Å²) >= 11 is 6.45. The summed E-state index contributed by atoms with van der Waals surface area (Å²) in [7, 11) is 0. The molecular weight excluding hydrogens is 540 g/mol. The van der Waals surface area contributed by atoms with Crippen LogP contribution in [0.2, 0.25) is 0 Å². The Bertz CT molecular complexity index is 637. The molecule has 2 aromatic rings. The summed E-state index contributed by atoms with van der Waals surface area (Å²) in [4.78, 5) is 0. The molecule has 0 bridgehead atoms. The third kappa shape index (κ3) is 8.71. The van der Waals surface area contributed by atoms with Gasteiger partial charge in [-0.05, 0) is 35.4 Å². The lowest BCUT2D eigenvalue weighted by Crippen LogP contribution is -2.20. The number of hydrogen-bond donors (Lipinski definition) is 2. The van der Waals surface area contributed by atoms with Gasteiger partial charge in [0, 0.05) is 16.1 Å². The zero-order chi connectivity index (χ0) is 19.9. The highest BCUT2D eigenvalue weighted by atomic mass is 79.9. The van der Waals surface area contributed by atoms with Gasteiger partial charge in [0.15, 0.2) is 0 Å². The molecule has 0 aliphatic rings. The van der Waals surface area contributed by atoms with Crippen molar-refractivity contribution in [3.05, 3.63) is 59.7 Å². The Morgan fingerprint density at radius 1 is 0.724 bits per heavy atom. The van der Waals surface area contributed by atoms with Crippen LogP contribution in [0.4, 0.5) is 0 Å². The number of halogens is 2. The van der Waals surface area contributed by atoms with Crippen LogP contribution in [0, 0.1) is 0 Å². The van der Waals surface area contributed by atoms with Crippen molar-refractivity contribution >= 4 is 58.9 Å². The fraction of sp³-hybridized carbons (Fsp3) is 0.429. The molecule has 2 unspecified atom stereocenters. The Kier molecular flexibility index (Phi) is 13.6. The second-order valence-corrected chi connectivity index (χ2v) is 8.21. The fourth-order valence-electron chi connectivity index (χ4n) is 2.58. The van der Waals surface area contributed by atoms with Crippen LogP contribution >= 0.6 is 58.9 Å². The third-order valence-electron chi connectivity index (χ3n) is 4.39. The topological polar surface area (TPSA) is 58.9 Å². The van der Waals surface area contributed by atoms with Gasteiger partial charge < -0.3 is 19.7 Å². The standard InChI is InChI=1S/C21H26Br2O4.2H2S/c1-21(2,15-3-7-19(8-4-15)26-13-17(24)11-22)16-5-9-20(10-6-16)27-14-18(25)12-23;;/h3-10,17-18,24-25H,11-14H2,1-2H3;2*1H2. The summed E-state index contributed by atoms with van der Waals surface area (Å²) < 4.78 is 11.2. The van der Waals surface area contributed by atoms with E-state index < -0.39 is 12.2 Å². The van der Waals surface area contributed by atoms with Crippen LogP contribution in [-0.2, 0) is 5.41 Å². The van der Waals surface area contributed by atoms with Gasteiger partial charge in [0.05, 0.1) is 12.2 Å². The van der Waals surface area contributed by atoms with Crippen LogP contribution in [-0.4, -0.2) is 46.3 Å². The van der Waals surface area contributed by atoms with Crippen molar-refractivity contribution in [2.24, 2.45) is 0 Å². The summed E-state index contributed by atoms with van der Waals surface area (Å²) in [5, 5.41) is 20.1. The van der Waals surface area contributed by atoms with Gasteiger partial charge >= 0.3 is 0 Å². The Morgan fingerprint density at radius 2 is 1.03 bits per heavy atom. The van der Waals surface area contributed by atoms with Crippen molar-refractivity contribution in [2.75, 3.05) is 23.9 Å². The summed E-state index contributed by atoms with van der Waals surface area (Å²) in [6, 6.07) is 15.9. The van der Waals surface area contributed by atoms with Crippen LogP contribution < -0.4 is 9.47 Å². The molecule has 29 heavy (non-hydrogen) atoms. The van der Waals surface area contributed by atoms with Gasteiger partial charge in [0.2, 0.25) is 0 Å². The van der Waals surface area contributed by atoms with E-state index in [1.165, 1.54) is 11.1 Å². The van der Waals surface area contributed by atoms with E-state index >= 15 is 0 Å². The van der Waals surface area contributed by atoms with E-state index in [2.05, 4.69) is 45.7 Å². The van der Waals surface area contributed by atoms with E-state index in [4.69, 9.17) is 9.47 Å². The molecule has 0 aromatic heterocycles. The van der Waals surface area contributed by atoms with Gasteiger partial charge in [-0.2, -0.15) is 27.0 Å². The predicted molar refractivity (Wildman–Crippen MR) is 136 cm³/mol. The highest BCUT2D eigenvalue weighted by Gasteiger charge is 2.23. The molecule has 0 aliphatic heterocycles. The predicted octanol–water partition coefficient (Wildman–Crippen LogP) is 4.51. The minimum atomic E-state index is -0.516. The number of aliphatic hydroxyl groups is 2. The maximum absolute atomic E-state index is 9.56. The smallest absolute Gasteiger partial charge is 0.119 e. The first-order valence-corrected chi connectivity index (χ1v) is 11.1. The van der Waals surface area contributed by atoms with Gasteiger partial charge in [-0.3, -0.25) is 0 Å².